The molecule has 0 radical (unpaired) electrons. The first kappa shape index (κ1) is 8.32. The molecular weight excluding hydrogens is 160 g/mol. The van der Waals surface area contributed by atoms with E-state index in [-0.39, 0.29) is 6.04 Å². The zero-order valence-corrected chi connectivity index (χ0v) is 7.75. The quantitative estimate of drug-likeness (QED) is 0.719. The van der Waals surface area contributed by atoms with Crippen LogP contribution in [-0.4, -0.2) is 11.0 Å². The molecule has 0 aliphatic rings. The Morgan fingerprint density at radius 3 is 3.00 bits per heavy atom. The largest absolute Gasteiger partial charge is 0.361 e. The lowest BCUT2D eigenvalue weighted by Gasteiger charge is -2.05. The predicted molar refractivity (Wildman–Crippen MR) is 55.7 cm³/mol. The van der Waals surface area contributed by atoms with E-state index in [4.69, 9.17) is 5.73 Å². The molecule has 1 unspecified atom stereocenters. The molecule has 0 bridgehead atoms. The summed E-state index contributed by atoms with van der Waals surface area (Å²) in [5.74, 6) is 0. The van der Waals surface area contributed by atoms with E-state index in [2.05, 4.69) is 29.2 Å². The lowest BCUT2D eigenvalue weighted by Crippen LogP contribution is -2.17. The summed E-state index contributed by atoms with van der Waals surface area (Å²) in [6.45, 7) is 2.03. The first-order valence-electron chi connectivity index (χ1n) is 4.58. The molecule has 0 spiro atoms. The van der Waals surface area contributed by atoms with Crippen molar-refractivity contribution in [3.05, 3.63) is 36.0 Å². The number of benzene rings is 1. The fourth-order valence-electron chi connectivity index (χ4n) is 1.68. The van der Waals surface area contributed by atoms with Crippen LogP contribution in [0.5, 0.6) is 0 Å². The maximum atomic E-state index is 5.77. The molecule has 2 rings (SSSR count). The summed E-state index contributed by atoms with van der Waals surface area (Å²) in [5, 5.41) is 1.29. The van der Waals surface area contributed by atoms with Crippen LogP contribution < -0.4 is 5.73 Å². The minimum Gasteiger partial charge on any atom is -0.361 e. The maximum absolute atomic E-state index is 5.77. The Kier molecular flexibility index (Phi) is 2.07. The smallest absolute Gasteiger partial charge is 0.0456 e. The Labute approximate surface area is 77.8 Å². The van der Waals surface area contributed by atoms with Crippen molar-refractivity contribution in [3.63, 3.8) is 0 Å². The van der Waals surface area contributed by atoms with Crippen molar-refractivity contribution < 1.29 is 0 Å². The first-order valence-corrected chi connectivity index (χ1v) is 4.58. The van der Waals surface area contributed by atoms with E-state index in [9.17, 15) is 0 Å². The minimum atomic E-state index is 0.223. The van der Waals surface area contributed by atoms with Gasteiger partial charge in [0.2, 0.25) is 0 Å². The number of rotatable bonds is 2. The predicted octanol–water partition coefficient (Wildman–Crippen LogP) is 2.06. The molecule has 0 fully saturated rings. The van der Waals surface area contributed by atoms with Crippen LogP contribution in [0, 0.1) is 0 Å². The standard InChI is InChI=1S/C11H14N2/c1-8(12)7-9-3-2-4-11-10(9)5-6-13-11/h2-6,8,13H,7,12H2,1H3. The molecule has 0 amide bonds. The average molecular weight is 174 g/mol. The molecule has 13 heavy (non-hydrogen) atoms. The lowest BCUT2D eigenvalue weighted by molar-refractivity contribution is 0.742. The molecule has 2 nitrogen and oxygen atoms in total. The maximum Gasteiger partial charge on any atom is 0.0456 e. The van der Waals surface area contributed by atoms with Gasteiger partial charge in [-0.3, -0.25) is 0 Å². The van der Waals surface area contributed by atoms with Crippen LogP contribution in [0.2, 0.25) is 0 Å². The topological polar surface area (TPSA) is 41.8 Å². The van der Waals surface area contributed by atoms with Crippen LogP contribution in [0.15, 0.2) is 30.5 Å². The van der Waals surface area contributed by atoms with Gasteiger partial charge in [-0.25, -0.2) is 0 Å². The SMILES string of the molecule is CC(N)Cc1cccc2[nH]ccc12. The van der Waals surface area contributed by atoms with E-state index in [1.807, 2.05) is 13.1 Å². The van der Waals surface area contributed by atoms with Crippen LogP contribution in [0.3, 0.4) is 0 Å². The number of H-pyrrole nitrogens is 1. The van der Waals surface area contributed by atoms with Crippen molar-refractivity contribution >= 4 is 10.9 Å². The Morgan fingerprint density at radius 1 is 1.38 bits per heavy atom. The minimum absolute atomic E-state index is 0.223. The number of hydrogen-bond donors (Lipinski definition) is 2. The highest BCUT2D eigenvalue weighted by Gasteiger charge is 2.02. The number of nitrogens with one attached hydrogen (secondary N) is 1. The van der Waals surface area contributed by atoms with Gasteiger partial charge in [0.15, 0.2) is 0 Å². The van der Waals surface area contributed by atoms with Gasteiger partial charge in [0, 0.05) is 23.1 Å². The molecular formula is C11H14N2. The molecule has 1 aromatic carbocycles. The second-order valence-electron chi connectivity index (χ2n) is 3.54. The van der Waals surface area contributed by atoms with Crippen molar-refractivity contribution in [2.45, 2.75) is 19.4 Å². The summed E-state index contributed by atoms with van der Waals surface area (Å²) < 4.78 is 0. The van der Waals surface area contributed by atoms with Gasteiger partial charge < -0.3 is 10.7 Å². The van der Waals surface area contributed by atoms with Crippen molar-refractivity contribution in [2.24, 2.45) is 5.73 Å². The number of fused-ring (bicyclic) bond motifs is 1. The third kappa shape index (κ3) is 1.58. The Morgan fingerprint density at radius 2 is 2.23 bits per heavy atom. The van der Waals surface area contributed by atoms with Crippen LogP contribution >= 0.6 is 0 Å². The Bertz CT molecular complexity index is 401. The van der Waals surface area contributed by atoms with E-state index in [1.54, 1.807) is 0 Å². The molecule has 2 aromatic rings. The van der Waals surface area contributed by atoms with Gasteiger partial charge in [0.25, 0.3) is 0 Å². The van der Waals surface area contributed by atoms with Crippen LogP contribution in [-0.2, 0) is 6.42 Å². The molecule has 0 aliphatic carbocycles. The van der Waals surface area contributed by atoms with E-state index in [1.165, 1.54) is 16.5 Å². The third-order valence-corrected chi connectivity index (χ3v) is 2.23. The summed E-state index contributed by atoms with van der Waals surface area (Å²) in [6, 6.07) is 8.61. The van der Waals surface area contributed by atoms with Crippen molar-refractivity contribution in [1.82, 2.24) is 4.98 Å². The first-order chi connectivity index (χ1) is 6.27. The average Bonchev–Trinajstić information content (AvgIpc) is 2.51. The van der Waals surface area contributed by atoms with Gasteiger partial charge in [-0.15, -0.1) is 0 Å². The highest BCUT2D eigenvalue weighted by Crippen LogP contribution is 2.18. The zero-order valence-electron chi connectivity index (χ0n) is 7.75. The lowest BCUT2D eigenvalue weighted by atomic mass is 10.0. The summed E-state index contributed by atoms with van der Waals surface area (Å²) in [7, 11) is 0. The van der Waals surface area contributed by atoms with E-state index >= 15 is 0 Å². The molecule has 68 valence electrons. The second kappa shape index (κ2) is 3.23. The van der Waals surface area contributed by atoms with Gasteiger partial charge in [-0.05, 0) is 31.0 Å². The monoisotopic (exact) mass is 174 g/mol. The van der Waals surface area contributed by atoms with Crippen LogP contribution in [0.1, 0.15) is 12.5 Å². The van der Waals surface area contributed by atoms with Gasteiger partial charge in [-0.1, -0.05) is 12.1 Å². The third-order valence-electron chi connectivity index (χ3n) is 2.23. The van der Waals surface area contributed by atoms with E-state index in [0.29, 0.717) is 0 Å². The van der Waals surface area contributed by atoms with Gasteiger partial charge >= 0.3 is 0 Å². The van der Waals surface area contributed by atoms with Gasteiger partial charge in [0.05, 0.1) is 0 Å². The summed E-state index contributed by atoms with van der Waals surface area (Å²) in [4.78, 5) is 3.19. The molecule has 1 aromatic heterocycles. The molecule has 0 aliphatic heterocycles. The molecule has 0 saturated carbocycles. The normalized spacial score (nSPS) is 13.4. The van der Waals surface area contributed by atoms with Crippen molar-refractivity contribution in [3.8, 4) is 0 Å². The van der Waals surface area contributed by atoms with E-state index in [0.717, 1.165) is 6.42 Å². The fraction of sp³-hybridized carbons (Fsp3) is 0.273. The van der Waals surface area contributed by atoms with Gasteiger partial charge in [0.1, 0.15) is 0 Å². The van der Waals surface area contributed by atoms with Crippen molar-refractivity contribution in [1.29, 1.82) is 0 Å². The molecule has 2 heteroatoms. The Hall–Kier alpha value is -1.28. The molecule has 0 saturated heterocycles. The summed E-state index contributed by atoms with van der Waals surface area (Å²) in [5.41, 5.74) is 8.29. The Balaban J connectivity index is 2.48. The second-order valence-corrected chi connectivity index (χ2v) is 3.54. The number of nitrogens with two attached hydrogens (primary N) is 1. The zero-order chi connectivity index (χ0) is 9.26. The number of aromatic amines is 1. The molecule has 1 atom stereocenters. The van der Waals surface area contributed by atoms with Crippen molar-refractivity contribution in [2.75, 3.05) is 0 Å². The fourth-order valence-corrected chi connectivity index (χ4v) is 1.68. The van der Waals surface area contributed by atoms with E-state index < -0.39 is 0 Å². The highest BCUT2D eigenvalue weighted by atomic mass is 14.7. The van der Waals surface area contributed by atoms with Gasteiger partial charge in [-0.2, -0.15) is 0 Å². The number of aromatic nitrogens is 1. The molecule has 1 heterocycles. The number of hydrogen-bond acceptors (Lipinski definition) is 1. The van der Waals surface area contributed by atoms with Crippen LogP contribution in [0.4, 0.5) is 0 Å². The summed E-state index contributed by atoms with van der Waals surface area (Å²) >= 11 is 0. The molecule has 3 N–H and O–H groups in total. The van der Waals surface area contributed by atoms with Crippen LogP contribution in [0.25, 0.3) is 10.9 Å². The summed E-state index contributed by atoms with van der Waals surface area (Å²) in [6.07, 6.45) is 2.91. The highest BCUT2D eigenvalue weighted by molar-refractivity contribution is 5.82.